The Morgan fingerprint density at radius 2 is 1.85 bits per heavy atom. The number of anilines is 3. The van der Waals surface area contributed by atoms with Gasteiger partial charge in [0.25, 0.3) is 11.6 Å². The van der Waals surface area contributed by atoms with Crippen LogP contribution in [0, 0.1) is 26.3 Å². The first-order valence-corrected chi connectivity index (χ1v) is 10.4. The van der Waals surface area contributed by atoms with E-state index in [4.69, 9.17) is 4.74 Å². The normalized spacial score (nSPS) is 14.6. The third-order valence-corrected chi connectivity index (χ3v) is 5.63. The van der Waals surface area contributed by atoms with Gasteiger partial charge in [0, 0.05) is 55.3 Å². The number of methoxy groups -OCH3 is 1. The van der Waals surface area contributed by atoms with Crippen LogP contribution >= 0.6 is 0 Å². The third kappa shape index (κ3) is 5.61. The van der Waals surface area contributed by atoms with E-state index in [2.05, 4.69) is 20.3 Å². The van der Waals surface area contributed by atoms with Crippen LogP contribution in [-0.2, 0) is 4.79 Å². The summed E-state index contributed by atoms with van der Waals surface area (Å²) in [5.74, 6) is -1.54. The molecule has 1 aliphatic rings. The Morgan fingerprint density at radius 1 is 1.21 bits per heavy atom. The van der Waals surface area contributed by atoms with Crippen molar-refractivity contribution in [2.24, 2.45) is 10.6 Å². The lowest BCUT2D eigenvalue weighted by molar-refractivity contribution is -0.384. The molecule has 1 heterocycles. The van der Waals surface area contributed by atoms with Crippen molar-refractivity contribution in [2.75, 3.05) is 50.1 Å². The maximum absolute atomic E-state index is 13.9. The van der Waals surface area contributed by atoms with E-state index in [1.54, 1.807) is 26.0 Å². The van der Waals surface area contributed by atoms with E-state index in [0.717, 1.165) is 37.9 Å². The van der Waals surface area contributed by atoms with Gasteiger partial charge in [-0.2, -0.15) is 0 Å². The van der Waals surface area contributed by atoms with Crippen molar-refractivity contribution in [3.05, 3.63) is 57.2 Å². The van der Waals surface area contributed by atoms with Crippen LogP contribution in [0.15, 0.2) is 41.6 Å². The number of nitro benzene ring substituents is 1. The molecule has 1 aliphatic heterocycles. The van der Waals surface area contributed by atoms with Gasteiger partial charge in [-0.05, 0) is 38.1 Å². The summed E-state index contributed by atoms with van der Waals surface area (Å²) < 4.78 is 18.8. The highest BCUT2D eigenvalue weighted by Crippen LogP contribution is 2.34. The number of benzene rings is 2. The monoisotopic (exact) mass is 459 g/mol. The van der Waals surface area contributed by atoms with Crippen molar-refractivity contribution in [1.82, 2.24) is 4.90 Å². The van der Waals surface area contributed by atoms with Gasteiger partial charge in [0.15, 0.2) is 11.6 Å². The summed E-state index contributed by atoms with van der Waals surface area (Å²) >= 11 is 0. The zero-order valence-electron chi connectivity index (χ0n) is 18.7. The summed E-state index contributed by atoms with van der Waals surface area (Å²) in [6, 6.07) is 9.46. The molecule has 176 valence electrons. The number of nitrogens with zero attached hydrogens (tertiary/aromatic N) is 4. The lowest BCUT2D eigenvalue weighted by atomic mass is 9.91. The Kier molecular flexibility index (Phi) is 7.22. The van der Waals surface area contributed by atoms with Crippen LogP contribution in [0.3, 0.4) is 0 Å². The lowest BCUT2D eigenvalue weighted by Crippen LogP contribution is -2.50. The molecule has 0 saturated carbocycles. The van der Waals surface area contributed by atoms with Crippen LogP contribution in [0.2, 0.25) is 0 Å². The van der Waals surface area contributed by atoms with Gasteiger partial charge in [0.05, 0.1) is 23.5 Å². The summed E-state index contributed by atoms with van der Waals surface area (Å²) in [7, 11) is 1.29. The average molecular weight is 459 g/mol. The number of carbonyl (C=O) groups is 1. The van der Waals surface area contributed by atoms with Crippen molar-refractivity contribution < 1.29 is 18.8 Å². The molecule has 2 aromatic carbocycles. The predicted molar refractivity (Wildman–Crippen MR) is 123 cm³/mol. The third-order valence-electron chi connectivity index (χ3n) is 5.63. The Balaban J connectivity index is 1.65. The van der Waals surface area contributed by atoms with Gasteiger partial charge in [0.2, 0.25) is 0 Å². The number of hydrogen-bond donors (Lipinski definition) is 1. The molecule has 2 aromatic rings. The van der Waals surface area contributed by atoms with Crippen LogP contribution in [0.4, 0.5) is 27.1 Å². The second kappa shape index (κ2) is 9.90. The SMILES string of the molecule is COc1cc(Nc2ccc(N3CCN(CC(C)(C)C(=O)N=O)CC3)cc2)c([N+](=O)[O-])cc1F. The standard InChI is InChI=1S/C22H26FN5O5/c1-22(2,21(29)25-30)14-26-8-10-27(11-9-26)16-6-4-15(5-7-16)24-18-13-20(33-3)17(23)12-19(18)28(31)32/h4-7,12-13,24H,8-11,14H2,1-3H3. The minimum absolute atomic E-state index is 0.0913. The number of halogens is 1. The van der Waals surface area contributed by atoms with Crippen LogP contribution in [0.25, 0.3) is 0 Å². The predicted octanol–water partition coefficient (Wildman–Crippen LogP) is 3.93. The molecular weight excluding hydrogens is 433 g/mol. The molecule has 1 fully saturated rings. The molecule has 3 rings (SSSR count). The fraction of sp³-hybridized carbons (Fsp3) is 0.409. The number of hydrogen-bond acceptors (Lipinski definition) is 8. The van der Waals surface area contributed by atoms with Crippen LogP contribution in [-0.4, -0.2) is 55.6 Å². The molecule has 10 nitrogen and oxygen atoms in total. The molecule has 11 heteroatoms. The number of amides is 1. The number of piperazine rings is 1. The quantitative estimate of drug-likeness (QED) is 0.358. The summed E-state index contributed by atoms with van der Waals surface area (Å²) in [5, 5.41) is 16.8. The van der Waals surface area contributed by atoms with Crippen LogP contribution < -0.4 is 15.0 Å². The number of carbonyl (C=O) groups excluding carboxylic acids is 1. The Morgan fingerprint density at radius 3 is 2.39 bits per heavy atom. The Hall–Kier alpha value is -3.60. The molecule has 33 heavy (non-hydrogen) atoms. The number of rotatable bonds is 8. The summed E-state index contributed by atoms with van der Waals surface area (Å²) in [4.78, 5) is 37.2. The molecule has 1 amide bonds. The van der Waals surface area contributed by atoms with Gasteiger partial charge in [-0.15, -0.1) is 4.91 Å². The minimum atomic E-state index is -0.817. The molecule has 0 bridgehead atoms. The number of nitrogens with one attached hydrogen (secondary N) is 1. The van der Waals surface area contributed by atoms with E-state index in [1.807, 2.05) is 12.1 Å². The molecule has 1 saturated heterocycles. The highest BCUT2D eigenvalue weighted by molar-refractivity contribution is 5.82. The lowest BCUT2D eigenvalue weighted by Gasteiger charge is -2.38. The smallest absolute Gasteiger partial charge is 0.295 e. The maximum atomic E-state index is 13.9. The van der Waals surface area contributed by atoms with Crippen molar-refractivity contribution in [3.8, 4) is 5.75 Å². The summed E-state index contributed by atoms with van der Waals surface area (Å²) in [5.41, 5.74) is 0.511. The number of nitro groups is 1. The van der Waals surface area contributed by atoms with Crippen molar-refractivity contribution >= 4 is 28.7 Å². The Bertz CT molecular complexity index is 1040. The van der Waals surface area contributed by atoms with Gasteiger partial charge in [-0.1, -0.05) is 0 Å². The summed E-state index contributed by atoms with van der Waals surface area (Å²) in [6.45, 7) is 6.85. The first kappa shape index (κ1) is 24.1. The first-order chi connectivity index (χ1) is 15.6. The minimum Gasteiger partial charge on any atom is -0.494 e. The average Bonchev–Trinajstić information content (AvgIpc) is 2.80. The van der Waals surface area contributed by atoms with Gasteiger partial charge < -0.3 is 15.0 Å². The van der Waals surface area contributed by atoms with Crippen LogP contribution in [0.5, 0.6) is 5.75 Å². The highest BCUT2D eigenvalue weighted by Gasteiger charge is 2.32. The maximum Gasteiger partial charge on any atom is 0.295 e. The molecule has 0 atom stereocenters. The van der Waals surface area contributed by atoms with Crippen LogP contribution in [0.1, 0.15) is 13.8 Å². The molecule has 1 N–H and O–H groups in total. The fourth-order valence-corrected chi connectivity index (χ4v) is 3.78. The van der Waals surface area contributed by atoms with E-state index in [1.165, 1.54) is 13.2 Å². The van der Waals surface area contributed by atoms with Crippen molar-refractivity contribution in [2.45, 2.75) is 13.8 Å². The fourth-order valence-electron chi connectivity index (χ4n) is 3.78. The molecule has 0 spiro atoms. The van der Waals surface area contributed by atoms with Gasteiger partial charge >= 0.3 is 0 Å². The Labute approximate surface area is 190 Å². The van der Waals surface area contributed by atoms with Gasteiger partial charge in [0.1, 0.15) is 5.69 Å². The molecular formula is C22H26FN5O5. The van der Waals surface area contributed by atoms with Gasteiger partial charge in [-0.25, -0.2) is 4.39 Å². The number of nitroso groups, excluding NO2 is 1. The second-order valence-electron chi connectivity index (χ2n) is 8.48. The topological polar surface area (TPSA) is 117 Å². The first-order valence-electron chi connectivity index (χ1n) is 10.4. The van der Waals surface area contributed by atoms with E-state index >= 15 is 0 Å². The number of ether oxygens (including phenoxy) is 1. The van der Waals surface area contributed by atoms with E-state index in [9.17, 15) is 24.2 Å². The van der Waals surface area contributed by atoms with Crippen molar-refractivity contribution in [3.63, 3.8) is 0 Å². The molecule has 0 radical (unpaired) electrons. The van der Waals surface area contributed by atoms with E-state index in [-0.39, 0.29) is 17.1 Å². The van der Waals surface area contributed by atoms with Gasteiger partial charge in [-0.3, -0.25) is 19.8 Å². The molecule has 0 aliphatic carbocycles. The molecule has 0 unspecified atom stereocenters. The van der Waals surface area contributed by atoms with Crippen molar-refractivity contribution in [1.29, 1.82) is 0 Å². The molecule has 0 aromatic heterocycles. The van der Waals surface area contributed by atoms with E-state index in [0.29, 0.717) is 12.2 Å². The zero-order valence-corrected chi connectivity index (χ0v) is 18.7. The zero-order chi connectivity index (χ0) is 24.2. The largest absolute Gasteiger partial charge is 0.494 e. The second-order valence-corrected chi connectivity index (χ2v) is 8.48. The highest BCUT2D eigenvalue weighted by atomic mass is 19.1. The summed E-state index contributed by atoms with van der Waals surface area (Å²) in [6.07, 6.45) is 0. The van der Waals surface area contributed by atoms with E-state index < -0.39 is 22.1 Å².